The lowest BCUT2D eigenvalue weighted by atomic mass is 9.95. The van der Waals surface area contributed by atoms with E-state index in [1.165, 1.54) is 24.1 Å². The zero-order valence-electron chi connectivity index (χ0n) is 24.9. The van der Waals surface area contributed by atoms with E-state index in [1.807, 2.05) is 44.2 Å². The van der Waals surface area contributed by atoms with Crippen LogP contribution in [0.15, 0.2) is 77.7 Å². The summed E-state index contributed by atoms with van der Waals surface area (Å²) in [5.41, 5.74) is 2.98. The number of anilines is 1. The normalized spacial score (nSPS) is 14.6. The summed E-state index contributed by atoms with van der Waals surface area (Å²) in [5, 5.41) is 3.13. The molecule has 0 bridgehead atoms. The minimum absolute atomic E-state index is 0.0505. The van der Waals surface area contributed by atoms with Gasteiger partial charge in [-0.2, -0.15) is 0 Å². The van der Waals surface area contributed by atoms with Gasteiger partial charge in [0.2, 0.25) is 11.8 Å². The Labute approximate surface area is 249 Å². The monoisotopic (exact) mass is 591 g/mol. The number of nitrogens with zero attached hydrogens (tertiary/aromatic N) is 2. The number of rotatable bonds is 11. The van der Waals surface area contributed by atoms with E-state index in [-0.39, 0.29) is 29.1 Å². The fourth-order valence-electron chi connectivity index (χ4n) is 5.27. The molecule has 0 saturated heterocycles. The van der Waals surface area contributed by atoms with E-state index >= 15 is 0 Å². The molecule has 42 heavy (non-hydrogen) atoms. The van der Waals surface area contributed by atoms with Crippen LogP contribution < -0.4 is 14.4 Å². The number of sulfonamides is 1. The zero-order chi connectivity index (χ0) is 30.3. The number of carbonyl (C=O) groups is 2. The van der Waals surface area contributed by atoms with Crippen molar-refractivity contribution in [3.63, 3.8) is 0 Å². The number of amides is 2. The highest BCUT2D eigenvalue weighted by Gasteiger charge is 2.34. The molecule has 0 radical (unpaired) electrons. The van der Waals surface area contributed by atoms with Gasteiger partial charge < -0.3 is 15.0 Å². The fourth-order valence-corrected chi connectivity index (χ4v) is 6.71. The fraction of sp³-hybridized carbons (Fsp3) is 0.394. The molecule has 1 atom stereocenters. The van der Waals surface area contributed by atoms with Crippen LogP contribution in [0.1, 0.15) is 55.7 Å². The Bertz CT molecular complexity index is 1470. The van der Waals surface area contributed by atoms with E-state index in [1.54, 1.807) is 37.3 Å². The number of hydrogen-bond acceptors (Lipinski definition) is 5. The van der Waals surface area contributed by atoms with Crippen molar-refractivity contribution in [2.45, 2.75) is 76.4 Å². The molecule has 4 rings (SSSR count). The quantitative estimate of drug-likeness (QED) is 0.323. The molecule has 1 aliphatic carbocycles. The van der Waals surface area contributed by atoms with Gasteiger partial charge in [-0.05, 0) is 69.0 Å². The average molecular weight is 592 g/mol. The summed E-state index contributed by atoms with van der Waals surface area (Å²) in [6.07, 6.45) is 5.13. The Morgan fingerprint density at radius 3 is 2.21 bits per heavy atom. The van der Waals surface area contributed by atoms with Crippen LogP contribution in [0.25, 0.3) is 0 Å². The van der Waals surface area contributed by atoms with Crippen LogP contribution in [0.4, 0.5) is 5.69 Å². The maximum absolute atomic E-state index is 14.2. The van der Waals surface area contributed by atoms with Crippen molar-refractivity contribution in [3.8, 4) is 5.75 Å². The molecule has 3 aromatic rings. The van der Waals surface area contributed by atoms with Crippen LogP contribution in [0, 0.1) is 13.8 Å². The van der Waals surface area contributed by atoms with Crippen molar-refractivity contribution in [2.75, 3.05) is 18.0 Å². The van der Waals surface area contributed by atoms with E-state index in [4.69, 9.17) is 4.74 Å². The van der Waals surface area contributed by atoms with Gasteiger partial charge in [-0.3, -0.25) is 13.9 Å². The molecule has 1 fully saturated rings. The summed E-state index contributed by atoms with van der Waals surface area (Å²) in [6.45, 7) is 5.17. The van der Waals surface area contributed by atoms with Gasteiger partial charge in [-0.15, -0.1) is 0 Å². The number of ether oxygens (including phenoxy) is 1. The molecule has 0 aromatic heterocycles. The van der Waals surface area contributed by atoms with Crippen LogP contribution in [0.2, 0.25) is 0 Å². The summed E-state index contributed by atoms with van der Waals surface area (Å²) in [5.74, 6) is -0.418. The maximum atomic E-state index is 14.2. The third-order valence-electron chi connectivity index (χ3n) is 7.81. The number of methoxy groups -OCH3 is 1. The van der Waals surface area contributed by atoms with Crippen LogP contribution in [0.5, 0.6) is 5.75 Å². The number of carbonyl (C=O) groups excluding carboxylic acids is 2. The third kappa shape index (κ3) is 7.50. The number of benzene rings is 3. The Morgan fingerprint density at radius 2 is 1.57 bits per heavy atom. The summed E-state index contributed by atoms with van der Waals surface area (Å²) in [4.78, 5) is 29.2. The van der Waals surface area contributed by atoms with E-state index in [9.17, 15) is 18.0 Å². The summed E-state index contributed by atoms with van der Waals surface area (Å²) >= 11 is 0. The molecular weight excluding hydrogens is 550 g/mol. The summed E-state index contributed by atoms with van der Waals surface area (Å²) < 4.78 is 34.7. The van der Waals surface area contributed by atoms with E-state index in [0.717, 1.165) is 53.1 Å². The van der Waals surface area contributed by atoms with Crippen LogP contribution in [0.3, 0.4) is 0 Å². The highest BCUT2D eigenvalue weighted by atomic mass is 32.2. The molecule has 2 amide bonds. The Morgan fingerprint density at radius 1 is 0.929 bits per heavy atom. The van der Waals surface area contributed by atoms with Gasteiger partial charge in [0.1, 0.15) is 18.3 Å². The van der Waals surface area contributed by atoms with Crippen LogP contribution in [-0.4, -0.2) is 50.9 Å². The van der Waals surface area contributed by atoms with Crippen molar-refractivity contribution in [1.29, 1.82) is 0 Å². The number of aryl methyl sites for hydroxylation is 2. The molecule has 8 nitrogen and oxygen atoms in total. The lowest BCUT2D eigenvalue weighted by Crippen LogP contribution is -2.53. The minimum Gasteiger partial charge on any atom is -0.495 e. The first kappa shape index (κ1) is 31.1. The zero-order valence-corrected chi connectivity index (χ0v) is 25.7. The predicted molar refractivity (Wildman–Crippen MR) is 165 cm³/mol. The molecule has 1 N–H and O–H groups in total. The lowest BCUT2D eigenvalue weighted by Gasteiger charge is -2.33. The molecule has 0 heterocycles. The molecule has 1 unspecified atom stereocenters. The second-order valence-corrected chi connectivity index (χ2v) is 12.9. The second-order valence-electron chi connectivity index (χ2n) is 11.0. The van der Waals surface area contributed by atoms with Gasteiger partial charge in [-0.25, -0.2) is 8.42 Å². The number of hydrogen-bond donors (Lipinski definition) is 1. The Kier molecular flexibility index (Phi) is 10.3. The molecule has 0 spiro atoms. The lowest BCUT2D eigenvalue weighted by molar-refractivity contribution is -0.139. The van der Waals surface area contributed by atoms with Crippen molar-refractivity contribution in [2.24, 2.45) is 0 Å². The largest absolute Gasteiger partial charge is 0.495 e. The van der Waals surface area contributed by atoms with Crippen molar-refractivity contribution < 1.29 is 22.7 Å². The van der Waals surface area contributed by atoms with Crippen molar-refractivity contribution >= 4 is 27.5 Å². The molecule has 9 heteroatoms. The SMILES string of the molecule is COc1ccc(C)cc1N(CC(=O)N(Cc1ccc(C)cc1)C(C)C(=O)NC1CCCCC1)S(=O)(=O)c1ccccc1. The molecule has 0 aliphatic heterocycles. The second kappa shape index (κ2) is 13.9. The Balaban J connectivity index is 1.71. The standard InChI is InChI=1S/C33H41N3O5S/c1-24-15-18-27(19-16-24)22-35(26(3)33(38)34-28-11-7-5-8-12-28)32(37)23-36(30-21-25(2)17-20-31(30)41-4)42(39,40)29-13-9-6-10-14-29/h6,9-10,13-21,26,28H,5,7-8,11-12,22-23H2,1-4H3,(H,34,38). The minimum atomic E-state index is -4.17. The summed E-state index contributed by atoms with van der Waals surface area (Å²) in [7, 11) is -2.71. The van der Waals surface area contributed by atoms with Gasteiger partial charge >= 0.3 is 0 Å². The van der Waals surface area contributed by atoms with Gasteiger partial charge in [0.05, 0.1) is 17.7 Å². The van der Waals surface area contributed by atoms with Crippen molar-refractivity contribution in [1.82, 2.24) is 10.2 Å². The van der Waals surface area contributed by atoms with Gasteiger partial charge in [-0.1, -0.05) is 73.4 Å². The van der Waals surface area contributed by atoms with Crippen LogP contribution in [-0.2, 0) is 26.2 Å². The third-order valence-corrected chi connectivity index (χ3v) is 9.58. The van der Waals surface area contributed by atoms with Crippen LogP contribution >= 0.6 is 0 Å². The molecule has 3 aromatic carbocycles. The van der Waals surface area contributed by atoms with Crippen molar-refractivity contribution in [3.05, 3.63) is 89.5 Å². The van der Waals surface area contributed by atoms with E-state index < -0.39 is 28.5 Å². The number of nitrogens with one attached hydrogen (secondary N) is 1. The van der Waals surface area contributed by atoms with Gasteiger partial charge in [0.15, 0.2) is 0 Å². The van der Waals surface area contributed by atoms with E-state index in [2.05, 4.69) is 5.32 Å². The first-order valence-corrected chi connectivity index (χ1v) is 15.9. The summed E-state index contributed by atoms with van der Waals surface area (Å²) in [6, 6.07) is 20.2. The first-order valence-electron chi connectivity index (χ1n) is 14.5. The predicted octanol–water partition coefficient (Wildman–Crippen LogP) is 5.37. The topological polar surface area (TPSA) is 96.0 Å². The van der Waals surface area contributed by atoms with Gasteiger partial charge in [0.25, 0.3) is 10.0 Å². The Hall–Kier alpha value is -3.85. The van der Waals surface area contributed by atoms with E-state index in [0.29, 0.717) is 5.75 Å². The smallest absolute Gasteiger partial charge is 0.264 e. The first-order chi connectivity index (χ1) is 20.1. The average Bonchev–Trinajstić information content (AvgIpc) is 3.00. The molecule has 224 valence electrons. The highest BCUT2D eigenvalue weighted by Crippen LogP contribution is 2.33. The molecule has 1 saturated carbocycles. The maximum Gasteiger partial charge on any atom is 0.264 e. The highest BCUT2D eigenvalue weighted by molar-refractivity contribution is 7.92. The molecular formula is C33H41N3O5S. The molecule has 1 aliphatic rings. The van der Waals surface area contributed by atoms with Gasteiger partial charge in [0, 0.05) is 12.6 Å².